The topological polar surface area (TPSA) is 101 Å². The van der Waals surface area contributed by atoms with Crippen LogP contribution in [-0.4, -0.2) is 40.3 Å². The zero-order chi connectivity index (χ0) is 21.5. The van der Waals surface area contributed by atoms with Crippen molar-refractivity contribution in [3.05, 3.63) is 18.4 Å². The first kappa shape index (κ1) is 20.9. The minimum absolute atomic E-state index is 0.163. The van der Waals surface area contributed by atoms with E-state index in [9.17, 15) is 0 Å². The first-order valence-corrected chi connectivity index (χ1v) is 14.3. The number of imidazole rings is 1. The fourth-order valence-corrected chi connectivity index (χ4v) is 4.61. The van der Waals surface area contributed by atoms with Crippen molar-refractivity contribution < 1.29 is 13.9 Å². The van der Waals surface area contributed by atoms with Crippen LogP contribution in [0, 0.1) is 5.92 Å². The second kappa shape index (κ2) is 8.03. The quantitative estimate of drug-likeness (QED) is 0.542. The van der Waals surface area contributed by atoms with Crippen molar-refractivity contribution in [2.75, 3.05) is 12.3 Å². The molecule has 8 nitrogen and oxygen atoms in total. The van der Waals surface area contributed by atoms with Gasteiger partial charge in [-0.2, -0.15) is 9.97 Å². The van der Waals surface area contributed by atoms with Crippen molar-refractivity contribution >= 4 is 25.2 Å². The Kier molecular flexibility index (Phi) is 5.59. The number of nitrogens with zero attached hydrogens (tertiary/aromatic N) is 4. The van der Waals surface area contributed by atoms with Crippen LogP contribution >= 0.6 is 0 Å². The van der Waals surface area contributed by atoms with E-state index in [4.69, 9.17) is 24.6 Å². The number of anilines is 1. The second-order valence-electron chi connectivity index (χ2n) is 9.25. The van der Waals surface area contributed by atoms with Gasteiger partial charge in [0.2, 0.25) is 11.8 Å². The van der Waals surface area contributed by atoms with Crippen LogP contribution in [0.2, 0.25) is 25.7 Å². The Hall–Kier alpha value is -2.39. The number of furan rings is 1. The molecular formula is C21H31N5O3Si. The summed E-state index contributed by atoms with van der Waals surface area (Å²) in [6, 6.07) is 4.75. The van der Waals surface area contributed by atoms with Crippen molar-refractivity contribution in [3.8, 4) is 17.5 Å². The van der Waals surface area contributed by atoms with Gasteiger partial charge >= 0.3 is 0 Å². The first-order valence-electron chi connectivity index (χ1n) is 10.6. The number of ether oxygens (including phenoxy) is 2. The minimum Gasteiger partial charge on any atom is -0.476 e. The van der Waals surface area contributed by atoms with Gasteiger partial charge in [-0.25, -0.2) is 4.98 Å². The molecule has 0 amide bonds. The van der Waals surface area contributed by atoms with Gasteiger partial charge < -0.3 is 19.6 Å². The molecule has 30 heavy (non-hydrogen) atoms. The van der Waals surface area contributed by atoms with Crippen molar-refractivity contribution in [2.24, 2.45) is 5.92 Å². The monoisotopic (exact) mass is 429 g/mol. The molecule has 3 aromatic rings. The number of nitrogens with two attached hydrogens (primary N) is 1. The summed E-state index contributed by atoms with van der Waals surface area (Å²) < 4.78 is 20.1. The van der Waals surface area contributed by atoms with Gasteiger partial charge in [-0.1, -0.05) is 33.5 Å². The van der Waals surface area contributed by atoms with Crippen molar-refractivity contribution in [1.82, 2.24) is 19.5 Å². The number of rotatable bonds is 7. The fourth-order valence-electron chi connectivity index (χ4n) is 3.90. The number of nitrogen functional groups attached to an aromatic ring is 1. The maximum absolute atomic E-state index is 6.36. The van der Waals surface area contributed by atoms with E-state index < -0.39 is 8.07 Å². The molecule has 9 heteroatoms. The van der Waals surface area contributed by atoms with Crippen molar-refractivity contribution in [2.45, 2.75) is 64.7 Å². The van der Waals surface area contributed by atoms with Crippen LogP contribution < -0.4 is 10.5 Å². The van der Waals surface area contributed by atoms with Crippen molar-refractivity contribution in [3.63, 3.8) is 0 Å². The van der Waals surface area contributed by atoms with Gasteiger partial charge in [0.05, 0.1) is 19.0 Å². The predicted octanol–water partition coefficient (Wildman–Crippen LogP) is 4.72. The Morgan fingerprint density at radius 2 is 2.07 bits per heavy atom. The predicted molar refractivity (Wildman–Crippen MR) is 119 cm³/mol. The van der Waals surface area contributed by atoms with E-state index in [2.05, 4.69) is 43.5 Å². The smallest absolute Gasteiger partial charge is 0.247 e. The number of hydrogen-bond acceptors (Lipinski definition) is 7. The molecule has 0 spiro atoms. The molecule has 4 rings (SSSR count). The van der Waals surface area contributed by atoms with Gasteiger partial charge in [0.1, 0.15) is 6.23 Å². The maximum atomic E-state index is 6.36. The van der Waals surface area contributed by atoms with E-state index in [0.717, 1.165) is 18.9 Å². The largest absolute Gasteiger partial charge is 0.476 e. The van der Waals surface area contributed by atoms with Gasteiger partial charge in [0.15, 0.2) is 22.7 Å². The van der Waals surface area contributed by atoms with E-state index >= 15 is 0 Å². The molecule has 0 bridgehead atoms. The lowest BCUT2D eigenvalue weighted by Gasteiger charge is -2.17. The third-order valence-electron chi connectivity index (χ3n) is 5.59. The van der Waals surface area contributed by atoms with Crippen LogP contribution in [0.25, 0.3) is 22.7 Å². The summed E-state index contributed by atoms with van der Waals surface area (Å²) in [5, 5.41) is 0. The summed E-state index contributed by atoms with van der Waals surface area (Å²) in [7, 11) is -1.24. The molecule has 4 heterocycles. The Balaban J connectivity index is 1.80. The van der Waals surface area contributed by atoms with Crippen LogP contribution in [-0.2, 0) is 4.74 Å². The van der Waals surface area contributed by atoms with Gasteiger partial charge in [-0.3, -0.25) is 4.57 Å². The molecule has 3 atom stereocenters. The first-order chi connectivity index (χ1) is 14.3. The molecule has 0 aromatic carbocycles. The summed E-state index contributed by atoms with van der Waals surface area (Å²) in [6.07, 6.45) is 3.47. The molecule has 0 radical (unpaired) electrons. The van der Waals surface area contributed by atoms with Gasteiger partial charge in [0, 0.05) is 8.07 Å². The third-order valence-corrected chi connectivity index (χ3v) is 7.29. The normalized spacial score (nSPS) is 22.1. The average Bonchev–Trinajstić information content (AvgIpc) is 3.38. The lowest BCUT2D eigenvalue weighted by Crippen LogP contribution is -2.22. The molecular weight excluding hydrogens is 398 g/mol. The number of hydrogen-bond donors (Lipinski definition) is 1. The molecule has 1 aliphatic rings. The lowest BCUT2D eigenvalue weighted by molar-refractivity contribution is -0.00229. The van der Waals surface area contributed by atoms with Crippen LogP contribution in [0.1, 0.15) is 32.9 Å². The van der Waals surface area contributed by atoms with Crippen LogP contribution in [0.4, 0.5) is 5.95 Å². The summed E-state index contributed by atoms with van der Waals surface area (Å²) >= 11 is 0. The fraction of sp³-hybridized carbons (Fsp3) is 0.571. The highest BCUT2D eigenvalue weighted by atomic mass is 28.3. The van der Waals surface area contributed by atoms with Crippen molar-refractivity contribution in [1.29, 1.82) is 0 Å². The van der Waals surface area contributed by atoms with E-state index in [1.165, 1.54) is 0 Å². The zero-order valence-corrected chi connectivity index (χ0v) is 19.4. The van der Waals surface area contributed by atoms with Crippen LogP contribution in [0.5, 0.6) is 5.88 Å². The SMILES string of the molecule is CCC1OC(n2c(-c3ccco3)nc3c(OCC[Si](C)(C)C)nc(N)nc32)CC1C. The highest BCUT2D eigenvalue weighted by molar-refractivity contribution is 6.76. The highest BCUT2D eigenvalue weighted by Gasteiger charge is 2.36. The summed E-state index contributed by atoms with van der Waals surface area (Å²) in [4.78, 5) is 13.7. The van der Waals surface area contributed by atoms with Gasteiger partial charge in [-0.05, 0) is 36.9 Å². The molecule has 0 saturated carbocycles. The molecule has 3 aromatic heterocycles. The number of aromatic nitrogens is 4. The van der Waals surface area contributed by atoms with Crippen LogP contribution in [0.3, 0.4) is 0 Å². The molecule has 1 fully saturated rings. The molecule has 162 valence electrons. The maximum Gasteiger partial charge on any atom is 0.247 e. The number of fused-ring (bicyclic) bond motifs is 1. The molecule has 2 N–H and O–H groups in total. The van der Waals surface area contributed by atoms with Gasteiger partial charge in [0.25, 0.3) is 0 Å². The highest BCUT2D eigenvalue weighted by Crippen LogP contribution is 2.40. The molecule has 1 aliphatic heterocycles. The van der Waals surface area contributed by atoms with Gasteiger partial charge in [-0.15, -0.1) is 0 Å². The zero-order valence-electron chi connectivity index (χ0n) is 18.4. The minimum atomic E-state index is -1.24. The molecule has 0 aliphatic carbocycles. The summed E-state index contributed by atoms with van der Waals surface area (Å²) in [6.45, 7) is 11.9. The Morgan fingerprint density at radius 1 is 1.27 bits per heavy atom. The third kappa shape index (κ3) is 4.09. The summed E-state index contributed by atoms with van der Waals surface area (Å²) in [5.41, 5.74) is 7.26. The van der Waals surface area contributed by atoms with E-state index in [1.807, 2.05) is 16.7 Å². The summed E-state index contributed by atoms with van der Waals surface area (Å²) in [5.74, 6) is 2.32. The Labute approximate surface area is 177 Å². The van der Waals surface area contributed by atoms with E-state index in [1.54, 1.807) is 6.26 Å². The Morgan fingerprint density at radius 3 is 2.70 bits per heavy atom. The Bertz CT molecular complexity index is 1010. The van der Waals surface area contributed by atoms with E-state index in [-0.39, 0.29) is 18.3 Å². The van der Waals surface area contributed by atoms with E-state index in [0.29, 0.717) is 41.2 Å². The molecule has 3 unspecified atom stereocenters. The lowest BCUT2D eigenvalue weighted by atomic mass is 10.0. The molecule has 1 saturated heterocycles. The standard InChI is InChI=1S/C21H31N5O3Si/c1-6-14-13(2)12-16(29-14)26-18(15-8-7-9-27-15)23-17-19(26)24-21(22)25-20(17)28-10-11-30(3,4)5/h7-9,13-14,16H,6,10-12H2,1-5H3,(H2,22,24,25). The second-order valence-corrected chi connectivity index (χ2v) is 14.9. The van der Waals surface area contributed by atoms with Crippen LogP contribution in [0.15, 0.2) is 22.8 Å². The average molecular weight is 430 g/mol.